The molecule has 1 aliphatic carbocycles. The molecule has 1 N–H and O–H groups in total. The molecule has 1 heterocycles. The normalized spacial score (nSPS) is 21.8. The van der Waals surface area contributed by atoms with Crippen molar-refractivity contribution in [3.8, 4) is 11.3 Å². The Bertz CT molecular complexity index is 586. The predicted molar refractivity (Wildman–Crippen MR) is 67.1 cm³/mol. The molecule has 0 radical (unpaired) electrons. The fourth-order valence-electron chi connectivity index (χ4n) is 2.30. The summed E-state index contributed by atoms with van der Waals surface area (Å²) in [5.41, 5.74) is 3.11. The minimum atomic E-state index is -0.686. The maximum atomic E-state index is 10.8. The summed E-state index contributed by atoms with van der Waals surface area (Å²) in [6.45, 7) is 0. The zero-order chi connectivity index (χ0) is 12.7. The Morgan fingerprint density at radius 3 is 2.61 bits per heavy atom. The van der Waals surface area contributed by atoms with Crippen LogP contribution in [0, 0.1) is 5.92 Å². The second-order valence-electron chi connectivity index (χ2n) is 4.83. The molecule has 0 bridgehead atoms. The molecular formula is C14H14N2O2. The van der Waals surface area contributed by atoms with Crippen molar-refractivity contribution in [3.05, 3.63) is 42.4 Å². The van der Waals surface area contributed by atoms with E-state index in [0.29, 0.717) is 0 Å². The summed E-state index contributed by atoms with van der Waals surface area (Å²) < 4.78 is 1.91. The van der Waals surface area contributed by atoms with Gasteiger partial charge in [-0.25, -0.2) is 4.98 Å². The number of carboxylic acid groups (broad SMARTS) is 1. The van der Waals surface area contributed by atoms with Crippen LogP contribution in [-0.2, 0) is 11.8 Å². The molecule has 92 valence electrons. The highest BCUT2D eigenvalue weighted by molar-refractivity contribution is 5.75. The number of hydrogen-bond donors (Lipinski definition) is 1. The van der Waals surface area contributed by atoms with Crippen LogP contribution < -0.4 is 0 Å². The third kappa shape index (κ3) is 1.90. The van der Waals surface area contributed by atoms with Gasteiger partial charge in [-0.05, 0) is 17.9 Å². The number of benzene rings is 1. The van der Waals surface area contributed by atoms with Crippen LogP contribution in [0.25, 0.3) is 11.3 Å². The summed E-state index contributed by atoms with van der Waals surface area (Å²) in [4.78, 5) is 15.1. The van der Waals surface area contributed by atoms with Gasteiger partial charge in [0.1, 0.15) is 0 Å². The maximum absolute atomic E-state index is 10.8. The molecule has 1 fully saturated rings. The molecule has 1 aromatic carbocycles. The molecule has 18 heavy (non-hydrogen) atoms. The van der Waals surface area contributed by atoms with Gasteiger partial charge in [0.2, 0.25) is 0 Å². The molecule has 0 amide bonds. The lowest BCUT2D eigenvalue weighted by atomic mass is 10.1. The number of nitrogens with zero attached hydrogens (tertiary/aromatic N) is 2. The predicted octanol–water partition coefficient (Wildman–Crippen LogP) is 2.28. The number of rotatable bonds is 3. The lowest BCUT2D eigenvalue weighted by Gasteiger charge is -2.01. The van der Waals surface area contributed by atoms with Crippen molar-refractivity contribution < 1.29 is 9.90 Å². The highest BCUT2D eigenvalue weighted by atomic mass is 16.4. The molecule has 1 saturated carbocycles. The molecule has 1 aliphatic rings. The van der Waals surface area contributed by atoms with Gasteiger partial charge in [0, 0.05) is 18.8 Å². The molecule has 2 atom stereocenters. The first-order valence-corrected chi connectivity index (χ1v) is 5.96. The van der Waals surface area contributed by atoms with E-state index < -0.39 is 5.97 Å². The van der Waals surface area contributed by atoms with Gasteiger partial charge in [0.05, 0.1) is 17.9 Å². The molecule has 1 aromatic heterocycles. The standard InChI is InChI=1S/C14H14N2O2/c1-16-7-13(15-8-16)10-4-2-9(3-5-10)11-6-12(11)14(17)18/h2-5,7-8,11-12H,6H2,1H3,(H,17,18). The summed E-state index contributed by atoms with van der Waals surface area (Å²) in [7, 11) is 1.94. The van der Waals surface area contributed by atoms with Crippen molar-refractivity contribution in [1.29, 1.82) is 0 Å². The first kappa shape index (κ1) is 11.0. The van der Waals surface area contributed by atoms with E-state index in [-0.39, 0.29) is 11.8 Å². The van der Waals surface area contributed by atoms with Crippen LogP contribution >= 0.6 is 0 Å². The summed E-state index contributed by atoms with van der Waals surface area (Å²) >= 11 is 0. The zero-order valence-electron chi connectivity index (χ0n) is 10.1. The average Bonchev–Trinajstić information content (AvgIpc) is 3.06. The number of carbonyl (C=O) groups is 1. The lowest BCUT2D eigenvalue weighted by molar-refractivity contribution is -0.138. The Labute approximate surface area is 105 Å². The number of aryl methyl sites for hydroxylation is 1. The van der Waals surface area contributed by atoms with Gasteiger partial charge in [-0.15, -0.1) is 0 Å². The van der Waals surface area contributed by atoms with Crippen molar-refractivity contribution >= 4 is 5.97 Å². The fourth-order valence-corrected chi connectivity index (χ4v) is 2.30. The minimum Gasteiger partial charge on any atom is -0.481 e. The summed E-state index contributed by atoms with van der Waals surface area (Å²) in [5.74, 6) is -0.681. The lowest BCUT2D eigenvalue weighted by Crippen LogP contribution is -1.98. The Balaban J connectivity index is 1.80. The number of carboxylic acids is 1. The summed E-state index contributed by atoms with van der Waals surface area (Å²) in [5, 5.41) is 8.91. The van der Waals surface area contributed by atoms with E-state index in [4.69, 9.17) is 5.11 Å². The molecule has 2 aromatic rings. The van der Waals surface area contributed by atoms with E-state index in [1.54, 1.807) is 6.33 Å². The topological polar surface area (TPSA) is 55.1 Å². The fraction of sp³-hybridized carbons (Fsp3) is 0.286. The molecule has 3 rings (SSSR count). The summed E-state index contributed by atoms with van der Waals surface area (Å²) in [6, 6.07) is 8.04. The third-order valence-corrected chi connectivity index (χ3v) is 3.45. The van der Waals surface area contributed by atoms with Crippen molar-refractivity contribution in [3.63, 3.8) is 0 Å². The van der Waals surface area contributed by atoms with Gasteiger partial charge in [-0.2, -0.15) is 0 Å². The van der Waals surface area contributed by atoms with Crippen LogP contribution in [0.15, 0.2) is 36.8 Å². The van der Waals surface area contributed by atoms with Gasteiger partial charge < -0.3 is 9.67 Å². The molecule has 4 heteroatoms. The first-order chi connectivity index (χ1) is 8.65. The Morgan fingerprint density at radius 2 is 2.11 bits per heavy atom. The minimum absolute atomic E-state index is 0.189. The number of imidazole rings is 1. The van der Waals surface area contributed by atoms with Gasteiger partial charge in [-0.1, -0.05) is 24.3 Å². The monoisotopic (exact) mass is 242 g/mol. The van der Waals surface area contributed by atoms with E-state index in [1.165, 1.54) is 0 Å². The molecule has 0 aliphatic heterocycles. The number of aromatic nitrogens is 2. The highest BCUT2D eigenvalue weighted by Gasteiger charge is 2.43. The van der Waals surface area contributed by atoms with Crippen LogP contribution in [0.5, 0.6) is 0 Å². The molecule has 4 nitrogen and oxygen atoms in total. The van der Waals surface area contributed by atoms with Gasteiger partial charge >= 0.3 is 5.97 Å². The quantitative estimate of drug-likeness (QED) is 0.898. The molecule has 0 spiro atoms. The summed E-state index contributed by atoms with van der Waals surface area (Å²) in [6.07, 6.45) is 4.50. The molecular weight excluding hydrogens is 228 g/mol. The second kappa shape index (κ2) is 3.98. The van der Waals surface area contributed by atoms with E-state index >= 15 is 0 Å². The van der Waals surface area contributed by atoms with Crippen molar-refractivity contribution in [1.82, 2.24) is 9.55 Å². The zero-order valence-corrected chi connectivity index (χ0v) is 10.1. The smallest absolute Gasteiger partial charge is 0.307 e. The van der Waals surface area contributed by atoms with Crippen LogP contribution in [0.4, 0.5) is 0 Å². The van der Waals surface area contributed by atoms with Crippen LogP contribution in [0.2, 0.25) is 0 Å². The van der Waals surface area contributed by atoms with Crippen LogP contribution in [0.3, 0.4) is 0 Å². The van der Waals surface area contributed by atoms with Crippen molar-refractivity contribution in [2.75, 3.05) is 0 Å². The van der Waals surface area contributed by atoms with Gasteiger partial charge in [-0.3, -0.25) is 4.79 Å². The third-order valence-electron chi connectivity index (χ3n) is 3.45. The number of aliphatic carboxylic acids is 1. The first-order valence-electron chi connectivity index (χ1n) is 5.96. The van der Waals surface area contributed by atoms with E-state index in [2.05, 4.69) is 4.98 Å². The van der Waals surface area contributed by atoms with E-state index in [9.17, 15) is 4.79 Å². The van der Waals surface area contributed by atoms with Crippen molar-refractivity contribution in [2.24, 2.45) is 13.0 Å². The highest BCUT2D eigenvalue weighted by Crippen LogP contribution is 2.47. The Morgan fingerprint density at radius 1 is 1.39 bits per heavy atom. The van der Waals surface area contributed by atoms with Gasteiger partial charge in [0.25, 0.3) is 0 Å². The second-order valence-corrected chi connectivity index (χ2v) is 4.83. The Hall–Kier alpha value is -2.10. The van der Waals surface area contributed by atoms with E-state index in [1.807, 2.05) is 42.1 Å². The molecule has 2 unspecified atom stereocenters. The number of hydrogen-bond acceptors (Lipinski definition) is 2. The Kier molecular flexibility index (Phi) is 2.44. The van der Waals surface area contributed by atoms with Gasteiger partial charge in [0.15, 0.2) is 0 Å². The van der Waals surface area contributed by atoms with E-state index in [0.717, 1.165) is 23.2 Å². The largest absolute Gasteiger partial charge is 0.481 e. The molecule has 0 saturated heterocycles. The van der Waals surface area contributed by atoms with Crippen LogP contribution in [-0.4, -0.2) is 20.6 Å². The van der Waals surface area contributed by atoms with Crippen molar-refractivity contribution in [2.45, 2.75) is 12.3 Å². The average molecular weight is 242 g/mol. The van der Waals surface area contributed by atoms with Crippen LogP contribution in [0.1, 0.15) is 17.9 Å². The maximum Gasteiger partial charge on any atom is 0.307 e. The SMILES string of the molecule is Cn1cnc(-c2ccc(C3CC3C(=O)O)cc2)c1.